The number of benzene rings is 1. The highest BCUT2D eigenvalue weighted by Crippen LogP contribution is 2.06. The second kappa shape index (κ2) is 5.07. The van der Waals surface area contributed by atoms with Gasteiger partial charge in [-0.3, -0.25) is 5.32 Å². The van der Waals surface area contributed by atoms with Crippen molar-refractivity contribution in [2.24, 2.45) is 11.5 Å². The Morgan fingerprint density at radius 3 is 2.80 bits per heavy atom. The van der Waals surface area contributed by atoms with Crippen molar-refractivity contribution in [2.75, 3.05) is 6.54 Å². The number of hydrogen-bond donors (Lipinski definition) is 3. The highest BCUT2D eigenvalue weighted by Gasteiger charge is 2.08. The van der Waals surface area contributed by atoms with Crippen LogP contribution < -0.4 is 16.8 Å². The van der Waals surface area contributed by atoms with Gasteiger partial charge in [-0.25, -0.2) is 0 Å². The molecule has 0 unspecified atom stereocenters. The van der Waals surface area contributed by atoms with Crippen LogP contribution in [0.4, 0.5) is 0 Å². The van der Waals surface area contributed by atoms with Gasteiger partial charge < -0.3 is 11.5 Å². The SMILES string of the molecule is C=Cc1cccc(CCNC(C)(N)N)c1. The molecule has 0 spiro atoms. The maximum Gasteiger partial charge on any atom is 0.115 e. The van der Waals surface area contributed by atoms with Crippen LogP contribution in [0.15, 0.2) is 30.8 Å². The minimum Gasteiger partial charge on any atom is -0.301 e. The summed E-state index contributed by atoms with van der Waals surface area (Å²) in [6.45, 7) is 6.25. The Morgan fingerprint density at radius 1 is 1.47 bits per heavy atom. The van der Waals surface area contributed by atoms with E-state index in [0.29, 0.717) is 0 Å². The number of nitrogens with one attached hydrogen (secondary N) is 1. The van der Waals surface area contributed by atoms with E-state index < -0.39 is 5.79 Å². The fourth-order valence-corrected chi connectivity index (χ4v) is 1.35. The lowest BCUT2D eigenvalue weighted by Gasteiger charge is -2.20. The van der Waals surface area contributed by atoms with Gasteiger partial charge in [-0.05, 0) is 24.5 Å². The Labute approximate surface area is 91.2 Å². The zero-order chi connectivity index (χ0) is 11.3. The van der Waals surface area contributed by atoms with E-state index in [-0.39, 0.29) is 0 Å². The second-order valence-corrected chi connectivity index (χ2v) is 3.91. The van der Waals surface area contributed by atoms with E-state index >= 15 is 0 Å². The van der Waals surface area contributed by atoms with Gasteiger partial charge >= 0.3 is 0 Å². The van der Waals surface area contributed by atoms with E-state index in [2.05, 4.69) is 24.0 Å². The van der Waals surface area contributed by atoms with Gasteiger partial charge in [0.2, 0.25) is 0 Å². The van der Waals surface area contributed by atoms with Crippen molar-refractivity contribution in [3.8, 4) is 0 Å². The molecule has 1 aromatic rings. The highest BCUT2D eigenvalue weighted by molar-refractivity contribution is 5.47. The molecule has 0 aliphatic heterocycles. The van der Waals surface area contributed by atoms with Crippen LogP contribution in [0.25, 0.3) is 6.08 Å². The van der Waals surface area contributed by atoms with E-state index in [1.54, 1.807) is 6.92 Å². The minimum absolute atomic E-state index is 0.768. The van der Waals surface area contributed by atoms with Gasteiger partial charge in [-0.15, -0.1) is 0 Å². The average molecular weight is 205 g/mol. The predicted octanol–water partition coefficient (Wildman–Crippen LogP) is 1.05. The zero-order valence-corrected chi connectivity index (χ0v) is 9.16. The first-order chi connectivity index (χ1) is 7.01. The molecule has 0 fully saturated rings. The first-order valence-corrected chi connectivity index (χ1v) is 5.05. The quantitative estimate of drug-likeness (QED) is 0.630. The van der Waals surface area contributed by atoms with Crippen LogP contribution in [0.3, 0.4) is 0 Å². The van der Waals surface area contributed by atoms with Gasteiger partial charge in [0.15, 0.2) is 0 Å². The maximum absolute atomic E-state index is 5.61. The van der Waals surface area contributed by atoms with Crippen molar-refractivity contribution in [3.05, 3.63) is 42.0 Å². The van der Waals surface area contributed by atoms with Crippen LogP contribution >= 0.6 is 0 Å². The third-order valence-corrected chi connectivity index (χ3v) is 2.11. The van der Waals surface area contributed by atoms with Crippen molar-refractivity contribution in [3.63, 3.8) is 0 Å². The van der Waals surface area contributed by atoms with Crippen LogP contribution in [-0.2, 0) is 6.42 Å². The maximum atomic E-state index is 5.61. The largest absolute Gasteiger partial charge is 0.301 e. The summed E-state index contributed by atoms with van der Waals surface area (Å²) in [5.74, 6) is -0.796. The predicted molar refractivity (Wildman–Crippen MR) is 65.0 cm³/mol. The summed E-state index contributed by atoms with van der Waals surface area (Å²) in [5, 5.41) is 3.04. The molecule has 0 bridgehead atoms. The second-order valence-electron chi connectivity index (χ2n) is 3.91. The smallest absolute Gasteiger partial charge is 0.115 e. The fourth-order valence-electron chi connectivity index (χ4n) is 1.35. The molecule has 0 saturated carbocycles. The van der Waals surface area contributed by atoms with E-state index in [0.717, 1.165) is 18.5 Å². The van der Waals surface area contributed by atoms with Gasteiger partial charge in [0.1, 0.15) is 5.79 Å². The molecule has 0 aromatic heterocycles. The van der Waals surface area contributed by atoms with Crippen molar-refractivity contribution in [1.82, 2.24) is 5.32 Å². The molecule has 15 heavy (non-hydrogen) atoms. The van der Waals surface area contributed by atoms with Crippen LogP contribution in [0, 0.1) is 0 Å². The molecule has 82 valence electrons. The van der Waals surface area contributed by atoms with Gasteiger partial charge in [-0.1, -0.05) is 36.9 Å². The van der Waals surface area contributed by atoms with Gasteiger partial charge in [0.25, 0.3) is 0 Å². The molecule has 0 heterocycles. The summed E-state index contributed by atoms with van der Waals surface area (Å²) in [6.07, 6.45) is 2.75. The molecule has 0 aliphatic carbocycles. The Balaban J connectivity index is 2.47. The minimum atomic E-state index is -0.796. The number of nitrogens with two attached hydrogens (primary N) is 2. The lowest BCUT2D eigenvalue weighted by molar-refractivity contribution is 0.384. The topological polar surface area (TPSA) is 64.1 Å². The van der Waals surface area contributed by atoms with Crippen LogP contribution in [0.5, 0.6) is 0 Å². The summed E-state index contributed by atoms with van der Waals surface area (Å²) in [4.78, 5) is 0. The van der Waals surface area contributed by atoms with Crippen molar-refractivity contribution < 1.29 is 0 Å². The molecule has 0 atom stereocenters. The number of rotatable bonds is 5. The zero-order valence-electron chi connectivity index (χ0n) is 9.16. The molecule has 0 amide bonds. The molecule has 0 saturated heterocycles. The lowest BCUT2D eigenvalue weighted by atomic mass is 10.1. The van der Waals surface area contributed by atoms with E-state index in [1.807, 2.05) is 18.2 Å². The molecular weight excluding hydrogens is 186 g/mol. The van der Waals surface area contributed by atoms with Gasteiger partial charge in [-0.2, -0.15) is 0 Å². The molecule has 1 rings (SSSR count). The van der Waals surface area contributed by atoms with Gasteiger partial charge in [0, 0.05) is 6.54 Å². The molecule has 0 radical (unpaired) electrons. The molecule has 3 nitrogen and oxygen atoms in total. The summed E-state index contributed by atoms with van der Waals surface area (Å²) in [5.41, 5.74) is 13.6. The van der Waals surface area contributed by atoms with Gasteiger partial charge in [0.05, 0.1) is 0 Å². The van der Waals surface area contributed by atoms with E-state index in [1.165, 1.54) is 5.56 Å². The summed E-state index contributed by atoms with van der Waals surface area (Å²) in [7, 11) is 0. The Morgan fingerprint density at radius 2 is 2.20 bits per heavy atom. The first kappa shape index (κ1) is 11.9. The lowest BCUT2D eigenvalue weighted by Crippen LogP contribution is -2.59. The third-order valence-electron chi connectivity index (χ3n) is 2.11. The average Bonchev–Trinajstić information content (AvgIpc) is 2.16. The van der Waals surface area contributed by atoms with Crippen LogP contribution in [-0.4, -0.2) is 12.3 Å². The number of hydrogen-bond acceptors (Lipinski definition) is 3. The van der Waals surface area contributed by atoms with Crippen LogP contribution in [0.1, 0.15) is 18.1 Å². The molecular formula is C12H19N3. The molecule has 0 aliphatic rings. The first-order valence-electron chi connectivity index (χ1n) is 5.05. The standard InChI is InChI=1S/C12H19N3/c1-3-10-5-4-6-11(9-10)7-8-15-12(2,13)14/h3-6,9,15H,1,7-8,13-14H2,2H3. The Kier molecular flexibility index (Phi) is 4.03. The van der Waals surface area contributed by atoms with Crippen molar-refractivity contribution in [2.45, 2.75) is 19.1 Å². The molecule has 3 heteroatoms. The Hall–Kier alpha value is -1.16. The summed E-state index contributed by atoms with van der Waals surface area (Å²) < 4.78 is 0. The Bertz CT molecular complexity index is 326. The van der Waals surface area contributed by atoms with E-state index in [4.69, 9.17) is 11.5 Å². The fraction of sp³-hybridized carbons (Fsp3) is 0.333. The summed E-state index contributed by atoms with van der Waals surface area (Å²) in [6, 6.07) is 8.24. The van der Waals surface area contributed by atoms with Crippen molar-refractivity contribution in [1.29, 1.82) is 0 Å². The van der Waals surface area contributed by atoms with Crippen molar-refractivity contribution >= 4 is 6.08 Å². The summed E-state index contributed by atoms with van der Waals surface area (Å²) >= 11 is 0. The van der Waals surface area contributed by atoms with E-state index in [9.17, 15) is 0 Å². The normalized spacial score (nSPS) is 11.4. The highest BCUT2D eigenvalue weighted by atomic mass is 15.2. The van der Waals surface area contributed by atoms with Crippen LogP contribution in [0.2, 0.25) is 0 Å². The monoisotopic (exact) mass is 205 g/mol. The third kappa shape index (κ3) is 4.74. The molecule has 1 aromatic carbocycles. The molecule has 5 N–H and O–H groups in total.